The molecule has 0 fully saturated rings. The first-order valence-corrected chi connectivity index (χ1v) is 5.73. The molecule has 0 spiro atoms. The number of para-hydroxylation sites is 1. The topological polar surface area (TPSA) is 57.5 Å². The van der Waals surface area contributed by atoms with E-state index in [0.29, 0.717) is 10.6 Å². The summed E-state index contributed by atoms with van der Waals surface area (Å²) in [5.41, 5.74) is 0.248. The Balaban J connectivity index is 0.000000352. The van der Waals surface area contributed by atoms with E-state index in [-0.39, 0.29) is 40.9 Å². The summed E-state index contributed by atoms with van der Waals surface area (Å²) in [5.74, 6) is 0.231. The molecule has 0 aromatic heterocycles. The Labute approximate surface area is 143 Å². The standard InChI is InChI=1S/C7H5ClO2S.C6H6O.Na/c8-7(10)4-1-2-6(11)5(9)3-4;7-6-4-2-1-3-5-6;/h1-3,9,11H;1-5,7H;/q;;+1/p-1. The number of phenols is 2. The maximum Gasteiger partial charge on any atom is 1.00 e. The van der Waals surface area contributed by atoms with E-state index in [9.17, 15) is 4.79 Å². The van der Waals surface area contributed by atoms with Crippen LogP contribution in [0.4, 0.5) is 0 Å². The number of hydrogen-bond donors (Lipinski definition) is 2. The van der Waals surface area contributed by atoms with E-state index in [1.165, 1.54) is 18.2 Å². The SMILES string of the molecule is O=C(Cl)c1ccc([S-])c(O)c1.Oc1ccccc1.[Na+]. The number of benzene rings is 2. The van der Waals surface area contributed by atoms with Crippen molar-refractivity contribution in [1.29, 1.82) is 0 Å². The second kappa shape index (κ2) is 9.18. The Hall–Kier alpha value is -0.780. The number of phenolic OH excluding ortho intramolecular Hbond substituents is 2. The van der Waals surface area contributed by atoms with Gasteiger partial charge in [0.2, 0.25) is 0 Å². The maximum atomic E-state index is 10.5. The number of halogens is 1. The van der Waals surface area contributed by atoms with Crippen molar-refractivity contribution in [3.05, 3.63) is 54.1 Å². The minimum atomic E-state index is -0.602. The number of carbonyl (C=O) groups is 1. The van der Waals surface area contributed by atoms with Gasteiger partial charge >= 0.3 is 29.6 Å². The van der Waals surface area contributed by atoms with E-state index in [0.717, 1.165) is 0 Å². The number of aromatic hydroxyl groups is 2. The zero-order valence-electron chi connectivity index (χ0n) is 10.2. The van der Waals surface area contributed by atoms with E-state index in [1.807, 2.05) is 6.07 Å². The Kier molecular flexibility index (Phi) is 8.80. The van der Waals surface area contributed by atoms with Crippen LogP contribution in [0.1, 0.15) is 10.4 Å². The molecule has 0 amide bonds. The van der Waals surface area contributed by atoms with Gasteiger partial charge in [-0.05, 0) is 29.8 Å². The summed E-state index contributed by atoms with van der Waals surface area (Å²) in [7, 11) is 0. The van der Waals surface area contributed by atoms with Gasteiger partial charge in [-0.2, -0.15) is 0 Å². The van der Waals surface area contributed by atoms with Crippen LogP contribution in [0.15, 0.2) is 53.4 Å². The molecule has 0 unspecified atom stereocenters. The number of rotatable bonds is 1. The van der Waals surface area contributed by atoms with Crippen LogP contribution in [-0.2, 0) is 12.6 Å². The minimum Gasteiger partial charge on any atom is -0.776 e. The Morgan fingerprint density at radius 1 is 1.05 bits per heavy atom. The maximum absolute atomic E-state index is 10.5. The van der Waals surface area contributed by atoms with Crippen LogP contribution in [0, 0.1) is 0 Å². The first kappa shape index (κ1) is 18.2. The van der Waals surface area contributed by atoms with Crippen LogP contribution in [0.5, 0.6) is 11.5 Å². The summed E-state index contributed by atoms with van der Waals surface area (Å²) < 4.78 is 0. The third-order valence-corrected chi connectivity index (χ3v) is 2.51. The van der Waals surface area contributed by atoms with Gasteiger partial charge < -0.3 is 22.8 Å². The third-order valence-electron chi connectivity index (χ3n) is 1.94. The third kappa shape index (κ3) is 6.80. The van der Waals surface area contributed by atoms with Crippen LogP contribution in [0.2, 0.25) is 0 Å². The minimum absolute atomic E-state index is 0. The van der Waals surface area contributed by atoms with Gasteiger partial charge in [0.15, 0.2) is 0 Å². The summed E-state index contributed by atoms with van der Waals surface area (Å²) in [4.78, 5) is 10.8. The van der Waals surface area contributed by atoms with E-state index in [2.05, 4.69) is 0 Å². The normalized spacial score (nSPS) is 8.68. The van der Waals surface area contributed by atoms with Crippen LogP contribution < -0.4 is 29.6 Å². The van der Waals surface area contributed by atoms with Crippen LogP contribution in [0.25, 0.3) is 0 Å². The molecule has 0 aliphatic carbocycles. The molecule has 2 rings (SSSR count). The zero-order chi connectivity index (χ0) is 13.5. The molecule has 0 atom stereocenters. The smallest absolute Gasteiger partial charge is 0.776 e. The quantitative estimate of drug-likeness (QED) is 0.445. The fraction of sp³-hybridized carbons (Fsp3) is 0. The van der Waals surface area contributed by atoms with Crippen LogP contribution in [0.3, 0.4) is 0 Å². The second-order valence-electron chi connectivity index (χ2n) is 3.29. The summed E-state index contributed by atoms with van der Waals surface area (Å²) in [6.45, 7) is 0. The van der Waals surface area contributed by atoms with Crippen molar-refractivity contribution in [2.45, 2.75) is 4.90 Å². The fourth-order valence-electron chi connectivity index (χ4n) is 1.07. The largest absolute Gasteiger partial charge is 1.00 e. The van der Waals surface area contributed by atoms with Crippen molar-refractivity contribution >= 4 is 29.5 Å². The molecule has 0 radical (unpaired) electrons. The van der Waals surface area contributed by atoms with Gasteiger partial charge in [-0.25, -0.2) is 0 Å². The molecule has 19 heavy (non-hydrogen) atoms. The molecular formula is C13H10ClNaO3S. The molecule has 0 bridgehead atoms. The van der Waals surface area contributed by atoms with Crippen molar-refractivity contribution in [2.24, 2.45) is 0 Å². The predicted molar refractivity (Wildman–Crippen MR) is 72.0 cm³/mol. The summed E-state index contributed by atoms with van der Waals surface area (Å²) in [5, 5.41) is 17.1. The summed E-state index contributed by atoms with van der Waals surface area (Å²) in [6, 6.07) is 12.9. The first-order valence-electron chi connectivity index (χ1n) is 4.94. The Bertz CT molecular complexity index is 535. The van der Waals surface area contributed by atoms with Gasteiger partial charge in [0.1, 0.15) is 5.75 Å². The van der Waals surface area contributed by atoms with Gasteiger partial charge in [-0.1, -0.05) is 30.3 Å². The molecule has 6 heteroatoms. The van der Waals surface area contributed by atoms with E-state index in [1.54, 1.807) is 24.3 Å². The molecule has 94 valence electrons. The molecule has 0 aliphatic rings. The number of hydrogen-bond acceptors (Lipinski definition) is 4. The van der Waals surface area contributed by atoms with E-state index < -0.39 is 5.24 Å². The van der Waals surface area contributed by atoms with E-state index in [4.69, 9.17) is 34.4 Å². The molecular weight excluding hydrogens is 295 g/mol. The predicted octanol–water partition coefficient (Wildman–Crippen LogP) is 0.0732. The average molecular weight is 305 g/mol. The van der Waals surface area contributed by atoms with E-state index >= 15 is 0 Å². The molecule has 3 nitrogen and oxygen atoms in total. The van der Waals surface area contributed by atoms with Gasteiger partial charge in [-0.3, -0.25) is 4.79 Å². The van der Waals surface area contributed by atoms with Crippen molar-refractivity contribution in [3.63, 3.8) is 0 Å². The monoisotopic (exact) mass is 304 g/mol. The summed E-state index contributed by atoms with van der Waals surface area (Å²) >= 11 is 9.84. The molecule has 2 N–H and O–H groups in total. The van der Waals surface area contributed by atoms with Crippen molar-refractivity contribution in [1.82, 2.24) is 0 Å². The fourth-order valence-corrected chi connectivity index (χ4v) is 1.31. The van der Waals surface area contributed by atoms with Gasteiger partial charge in [0.05, 0.1) is 5.75 Å². The Morgan fingerprint density at radius 2 is 1.63 bits per heavy atom. The van der Waals surface area contributed by atoms with Gasteiger partial charge in [0.25, 0.3) is 5.24 Å². The number of carbonyl (C=O) groups excluding carboxylic acids is 1. The summed E-state index contributed by atoms with van der Waals surface area (Å²) in [6.07, 6.45) is 0. The molecule has 2 aromatic carbocycles. The van der Waals surface area contributed by atoms with Crippen molar-refractivity contribution in [2.75, 3.05) is 0 Å². The zero-order valence-corrected chi connectivity index (χ0v) is 13.8. The van der Waals surface area contributed by atoms with Crippen LogP contribution in [-0.4, -0.2) is 15.5 Å². The van der Waals surface area contributed by atoms with Crippen LogP contribution >= 0.6 is 11.6 Å². The van der Waals surface area contributed by atoms with Crippen molar-refractivity contribution in [3.8, 4) is 11.5 Å². The van der Waals surface area contributed by atoms with Crippen molar-refractivity contribution < 1.29 is 44.6 Å². The molecule has 0 heterocycles. The molecule has 2 aromatic rings. The Morgan fingerprint density at radius 3 is 2.00 bits per heavy atom. The molecule has 0 aliphatic heterocycles. The molecule has 0 saturated carbocycles. The first-order chi connectivity index (χ1) is 8.50. The average Bonchev–Trinajstić information content (AvgIpc) is 2.34. The van der Waals surface area contributed by atoms with Gasteiger partial charge in [-0.15, -0.1) is 4.90 Å². The molecule has 0 saturated heterocycles. The van der Waals surface area contributed by atoms with Gasteiger partial charge in [0, 0.05) is 5.56 Å². The second-order valence-corrected chi connectivity index (χ2v) is 4.07.